The van der Waals surface area contributed by atoms with Gasteiger partial charge in [0.1, 0.15) is 11.6 Å². The van der Waals surface area contributed by atoms with Crippen LogP contribution in [0.4, 0.5) is 4.39 Å². The molecule has 2 aromatic rings. The lowest BCUT2D eigenvalue weighted by Gasteiger charge is -2.20. The fourth-order valence-corrected chi connectivity index (χ4v) is 2.17. The summed E-state index contributed by atoms with van der Waals surface area (Å²) < 4.78 is 18.2. The summed E-state index contributed by atoms with van der Waals surface area (Å²) in [6.07, 6.45) is 3.64. The highest BCUT2D eigenvalue weighted by molar-refractivity contribution is 5.19. The molecule has 0 aliphatic heterocycles. The van der Waals surface area contributed by atoms with Crippen LogP contribution in [0.2, 0.25) is 0 Å². The van der Waals surface area contributed by atoms with Crippen LogP contribution in [0.25, 0.3) is 0 Å². The van der Waals surface area contributed by atoms with Crippen molar-refractivity contribution in [1.29, 1.82) is 0 Å². The van der Waals surface area contributed by atoms with Crippen molar-refractivity contribution in [2.75, 3.05) is 0 Å². The largest absolute Gasteiger partial charge is 0.469 e. The Morgan fingerprint density at radius 3 is 2.53 bits per heavy atom. The average Bonchev–Trinajstić information content (AvgIpc) is 2.90. The molecule has 1 N–H and O–H groups in total. The van der Waals surface area contributed by atoms with E-state index in [1.807, 2.05) is 24.3 Å². The fourth-order valence-electron chi connectivity index (χ4n) is 2.17. The zero-order chi connectivity index (χ0) is 13.7. The van der Waals surface area contributed by atoms with E-state index in [1.54, 1.807) is 6.26 Å². The maximum atomic E-state index is 12.9. The van der Waals surface area contributed by atoms with Gasteiger partial charge in [0.2, 0.25) is 0 Å². The van der Waals surface area contributed by atoms with Gasteiger partial charge in [0.05, 0.1) is 6.26 Å². The van der Waals surface area contributed by atoms with Gasteiger partial charge in [-0.25, -0.2) is 4.39 Å². The molecular weight excluding hydrogens is 241 g/mol. The molecular formula is C16H20FNO. The number of rotatable bonds is 6. The molecule has 102 valence electrons. The van der Waals surface area contributed by atoms with Crippen molar-refractivity contribution in [2.24, 2.45) is 0 Å². The molecule has 3 heteroatoms. The minimum absolute atomic E-state index is 0.193. The van der Waals surface area contributed by atoms with Crippen molar-refractivity contribution in [2.45, 2.75) is 38.8 Å². The first-order chi connectivity index (χ1) is 9.15. The molecule has 0 aliphatic carbocycles. The Kier molecular flexibility index (Phi) is 4.74. The highest BCUT2D eigenvalue weighted by Crippen LogP contribution is 2.15. The molecule has 0 aliphatic rings. The van der Waals surface area contributed by atoms with E-state index in [0.29, 0.717) is 6.04 Å². The SMILES string of the molecule is CC(CCc1ccco1)N[C@@H](C)c1ccc(F)cc1. The second-order valence-corrected chi connectivity index (χ2v) is 4.96. The fraction of sp³-hybridized carbons (Fsp3) is 0.375. The normalized spacial score (nSPS) is 14.3. The van der Waals surface area contributed by atoms with Gasteiger partial charge >= 0.3 is 0 Å². The van der Waals surface area contributed by atoms with Gasteiger partial charge in [0.25, 0.3) is 0 Å². The number of nitrogens with one attached hydrogen (secondary N) is 1. The lowest BCUT2D eigenvalue weighted by molar-refractivity contribution is 0.430. The molecule has 0 amide bonds. The number of halogens is 1. The smallest absolute Gasteiger partial charge is 0.123 e. The molecule has 0 saturated carbocycles. The highest BCUT2D eigenvalue weighted by atomic mass is 19.1. The van der Waals surface area contributed by atoms with Gasteiger partial charge in [-0.2, -0.15) is 0 Å². The van der Waals surface area contributed by atoms with Crippen molar-refractivity contribution in [3.63, 3.8) is 0 Å². The minimum Gasteiger partial charge on any atom is -0.469 e. The summed E-state index contributed by atoms with van der Waals surface area (Å²) in [6.45, 7) is 4.25. The molecule has 0 saturated heterocycles. The first-order valence-corrected chi connectivity index (χ1v) is 6.69. The van der Waals surface area contributed by atoms with Crippen LogP contribution in [0.3, 0.4) is 0 Å². The first kappa shape index (κ1) is 13.8. The summed E-state index contributed by atoms with van der Waals surface area (Å²) in [5.74, 6) is 0.824. The lowest BCUT2D eigenvalue weighted by Crippen LogP contribution is -2.29. The third-order valence-electron chi connectivity index (χ3n) is 3.31. The first-order valence-electron chi connectivity index (χ1n) is 6.69. The monoisotopic (exact) mass is 261 g/mol. The van der Waals surface area contributed by atoms with E-state index < -0.39 is 0 Å². The maximum Gasteiger partial charge on any atom is 0.123 e. The van der Waals surface area contributed by atoms with Crippen LogP contribution in [0.1, 0.15) is 37.6 Å². The molecule has 2 nitrogen and oxygen atoms in total. The molecule has 0 bridgehead atoms. The van der Waals surface area contributed by atoms with E-state index in [0.717, 1.165) is 24.2 Å². The minimum atomic E-state index is -0.193. The zero-order valence-electron chi connectivity index (χ0n) is 11.4. The van der Waals surface area contributed by atoms with Crippen molar-refractivity contribution in [1.82, 2.24) is 5.32 Å². The Hall–Kier alpha value is -1.61. The quantitative estimate of drug-likeness (QED) is 0.847. The second kappa shape index (κ2) is 6.53. The van der Waals surface area contributed by atoms with Crippen LogP contribution in [0.15, 0.2) is 47.1 Å². The molecule has 1 heterocycles. The van der Waals surface area contributed by atoms with Crippen LogP contribution in [0.5, 0.6) is 0 Å². The van der Waals surface area contributed by atoms with Crippen LogP contribution in [-0.2, 0) is 6.42 Å². The van der Waals surface area contributed by atoms with Crippen LogP contribution >= 0.6 is 0 Å². The molecule has 0 spiro atoms. The number of benzene rings is 1. The van der Waals surface area contributed by atoms with Gasteiger partial charge in [-0.3, -0.25) is 0 Å². The predicted molar refractivity (Wildman–Crippen MR) is 74.4 cm³/mol. The Morgan fingerprint density at radius 2 is 1.89 bits per heavy atom. The number of hydrogen-bond donors (Lipinski definition) is 1. The van der Waals surface area contributed by atoms with Gasteiger partial charge in [-0.1, -0.05) is 12.1 Å². The van der Waals surface area contributed by atoms with Crippen LogP contribution in [0, 0.1) is 5.82 Å². The van der Waals surface area contributed by atoms with Gasteiger partial charge in [-0.15, -0.1) is 0 Å². The average molecular weight is 261 g/mol. The van der Waals surface area contributed by atoms with Gasteiger partial charge in [-0.05, 0) is 50.1 Å². The third-order valence-corrected chi connectivity index (χ3v) is 3.31. The molecule has 2 atom stereocenters. The molecule has 1 unspecified atom stereocenters. The van der Waals surface area contributed by atoms with Crippen molar-refractivity contribution >= 4 is 0 Å². The third kappa shape index (κ3) is 4.21. The molecule has 1 aromatic carbocycles. The summed E-state index contributed by atoms with van der Waals surface area (Å²) in [6, 6.07) is 11.2. The standard InChI is InChI=1S/C16H20FNO/c1-12(5-10-16-4-3-11-19-16)18-13(2)14-6-8-15(17)9-7-14/h3-4,6-9,11-13,18H,5,10H2,1-2H3/t12?,13-/m0/s1. The van der Waals surface area contributed by atoms with Gasteiger partial charge in [0.15, 0.2) is 0 Å². The van der Waals surface area contributed by atoms with E-state index in [9.17, 15) is 4.39 Å². The Labute approximate surface area is 113 Å². The molecule has 19 heavy (non-hydrogen) atoms. The second-order valence-electron chi connectivity index (χ2n) is 4.96. The Bertz CT molecular complexity index is 478. The molecule has 0 radical (unpaired) electrons. The van der Waals surface area contributed by atoms with Crippen LogP contribution < -0.4 is 5.32 Å². The maximum absolute atomic E-state index is 12.9. The summed E-state index contributed by atoms with van der Waals surface area (Å²) in [5, 5.41) is 3.51. The van der Waals surface area contributed by atoms with E-state index in [-0.39, 0.29) is 11.9 Å². The molecule has 1 aromatic heterocycles. The molecule has 0 fully saturated rings. The number of hydrogen-bond acceptors (Lipinski definition) is 2. The summed E-state index contributed by atoms with van der Waals surface area (Å²) in [7, 11) is 0. The van der Waals surface area contributed by atoms with Crippen LogP contribution in [-0.4, -0.2) is 6.04 Å². The summed E-state index contributed by atoms with van der Waals surface area (Å²) in [5.41, 5.74) is 1.10. The lowest BCUT2D eigenvalue weighted by atomic mass is 10.1. The van der Waals surface area contributed by atoms with E-state index >= 15 is 0 Å². The van der Waals surface area contributed by atoms with Crippen molar-refractivity contribution in [3.8, 4) is 0 Å². The van der Waals surface area contributed by atoms with E-state index in [4.69, 9.17) is 4.42 Å². The van der Waals surface area contributed by atoms with Crippen molar-refractivity contribution in [3.05, 3.63) is 59.8 Å². The van der Waals surface area contributed by atoms with E-state index in [1.165, 1.54) is 12.1 Å². The summed E-state index contributed by atoms with van der Waals surface area (Å²) >= 11 is 0. The number of furan rings is 1. The van der Waals surface area contributed by atoms with Gasteiger partial charge < -0.3 is 9.73 Å². The Morgan fingerprint density at radius 1 is 1.16 bits per heavy atom. The van der Waals surface area contributed by atoms with E-state index in [2.05, 4.69) is 19.2 Å². The Balaban J connectivity index is 1.81. The molecule has 2 rings (SSSR count). The van der Waals surface area contributed by atoms with Crippen molar-refractivity contribution < 1.29 is 8.81 Å². The number of aryl methyl sites for hydroxylation is 1. The summed E-state index contributed by atoms with van der Waals surface area (Å²) in [4.78, 5) is 0. The van der Waals surface area contributed by atoms with Gasteiger partial charge in [0, 0.05) is 18.5 Å². The zero-order valence-corrected chi connectivity index (χ0v) is 11.4. The predicted octanol–water partition coefficient (Wildman–Crippen LogP) is 4.09. The topological polar surface area (TPSA) is 25.2 Å². The highest BCUT2D eigenvalue weighted by Gasteiger charge is 2.10.